The zero-order valence-corrected chi connectivity index (χ0v) is 11.6. The molecule has 0 radical (unpaired) electrons. The summed E-state index contributed by atoms with van der Waals surface area (Å²) < 4.78 is 0. The quantitative estimate of drug-likeness (QED) is 0.800. The van der Waals surface area contributed by atoms with E-state index in [0.717, 1.165) is 25.9 Å². The lowest BCUT2D eigenvalue weighted by Crippen LogP contribution is -2.40. The third kappa shape index (κ3) is 4.97. The molecule has 1 N–H and O–H groups in total. The summed E-state index contributed by atoms with van der Waals surface area (Å²) in [5.74, 6) is 0.247. The smallest absolute Gasteiger partial charge is 0.225 e. The van der Waals surface area contributed by atoms with Crippen molar-refractivity contribution in [1.82, 2.24) is 10.2 Å². The van der Waals surface area contributed by atoms with Crippen molar-refractivity contribution in [3.63, 3.8) is 0 Å². The molecule has 0 heterocycles. The Labute approximate surface area is 101 Å². The lowest BCUT2D eigenvalue weighted by Gasteiger charge is -2.22. The normalized spacial score (nSPS) is 17.9. The first-order valence-electron chi connectivity index (χ1n) is 6.48. The van der Waals surface area contributed by atoms with Crippen LogP contribution in [0.15, 0.2) is 0 Å². The van der Waals surface area contributed by atoms with Crippen molar-refractivity contribution >= 4 is 5.91 Å². The van der Waals surface area contributed by atoms with Crippen LogP contribution in [0.5, 0.6) is 0 Å². The van der Waals surface area contributed by atoms with Gasteiger partial charge in [0.05, 0.1) is 0 Å². The molecule has 0 unspecified atom stereocenters. The molecule has 96 valence electrons. The molecule has 1 rings (SSSR count). The second-order valence-corrected chi connectivity index (χ2v) is 4.83. The summed E-state index contributed by atoms with van der Waals surface area (Å²) in [6.07, 6.45) is 4.52. The Bertz CT molecular complexity index is 196. The minimum atomic E-state index is -0.0771. The van der Waals surface area contributed by atoms with E-state index in [4.69, 9.17) is 0 Å². The molecule has 1 aliphatic carbocycles. The predicted molar refractivity (Wildman–Crippen MR) is 69.5 cm³/mol. The molecule has 16 heavy (non-hydrogen) atoms. The van der Waals surface area contributed by atoms with E-state index in [1.165, 1.54) is 12.8 Å². The second kappa shape index (κ2) is 7.66. The molecule has 0 aromatic rings. The van der Waals surface area contributed by atoms with Crippen molar-refractivity contribution in [3.8, 4) is 0 Å². The van der Waals surface area contributed by atoms with Gasteiger partial charge in [-0.25, -0.2) is 0 Å². The van der Waals surface area contributed by atoms with Gasteiger partial charge in [0.25, 0.3) is 0 Å². The van der Waals surface area contributed by atoms with Gasteiger partial charge in [-0.3, -0.25) is 4.79 Å². The molecule has 0 aliphatic heterocycles. The molecule has 0 bridgehead atoms. The summed E-state index contributed by atoms with van der Waals surface area (Å²) >= 11 is 0. The summed E-state index contributed by atoms with van der Waals surface area (Å²) in [4.78, 5) is 13.9. The maximum absolute atomic E-state index is 11.8. The molecule has 0 saturated heterocycles. The monoisotopic (exact) mass is 228 g/mol. The van der Waals surface area contributed by atoms with E-state index >= 15 is 0 Å². The maximum Gasteiger partial charge on any atom is 0.225 e. The molecule has 0 spiro atoms. The Hall–Kier alpha value is -0.570. The largest absolute Gasteiger partial charge is 0.354 e. The van der Waals surface area contributed by atoms with Crippen LogP contribution in [0.3, 0.4) is 0 Å². The average Bonchev–Trinajstić information content (AvgIpc) is 2.69. The molecule has 0 aromatic heterocycles. The highest BCUT2D eigenvalue weighted by molar-refractivity contribution is 5.82. The summed E-state index contributed by atoms with van der Waals surface area (Å²) in [7, 11) is 4.03. The topological polar surface area (TPSA) is 32.3 Å². The van der Waals surface area contributed by atoms with Gasteiger partial charge in [0.2, 0.25) is 5.91 Å². The Morgan fingerprint density at radius 3 is 2.19 bits per heavy atom. The molecular formula is C13H28N2O. The van der Waals surface area contributed by atoms with Gasteiger partial charge >= 0.3 is 0 Å². The highest BCUT2D eigenvalue weighted by Crippen LogP contribution is 2.37. The van der Waals surface area contributed by atoms with Crippen molar-refractivity contribution in [3.05, 3.63) is 0 Å². The van der Waals surface area contributed by atoms with E-state index in [2.05, 4.69) is 17.1 Å². The van der Waals surface area contributed by atoms with Crippen LogP contribution >= 0.6 is 0 Å². The number of carbonyl (C=O) groups excluding carboxylic acids is 1. The minimum absolute atomic E-state index is 0.0771. The number of likely N-dealkylation sites (N-methyl/N-ethyl adjacent to an activating group) is 1. The second-order valence-electron chi connectivity index (χ2n) is 4.83. The summed E-state index contributed by atoms with van der Waals surface area (Å²) in [6.45, 7) is 7.77. The van der Waals surface area contributed by atoms with Crippen LogP contribution < -0.4 is 5.32 Å². The third-order valence-electron chi connectivity index (χ3n) is 3.10. The van der Waals surface area contributed by atoms with Crippen molar-refractivity contribution in [2.75, 3.05) is 27.2 Å². The van der Waals surface area contributed by atoms with Crippen molar-refractivity contribution in [2.24, 2.45) is 5.41 Å². The number of nitrogens with one attached hydrogen (secondary N) is 1. The van der Waals surface area contributed by atoms with Crippen molar-refractivity contribution in [1.29, 1.82) is 0 Å². The van der Waals surface area contributed by atoms with Crippen LogP contribution in [0.4, 0.5) is 0 Å². The third-order valence-corrected chi connectivity index (χ3v) is 3.10. The predicted octanol–water partition coefficient (Wildman–Crippen LogP) is 2.27. The maximum atomic E-state index is 11.8. The molecular weight excluding hydrogens is 200 g/mol. The van der Waals surface area contributed by atoms with Gasteiger partial charge in [0.1, 0.15) is 0 Å². The fraction of sp³-hybridized carbons (Fsp3) is 0.923. The first kappa shape index (κ1) is 15.4. The Kier molecular flexibility index (Phi) is 7.39. The number of amides is 1. The highest BCUT2D eigenvalue weighted by Gasteiger charge is 2.35. The van der Waals surface area contributed by atoms with E-state index < -0.39 is 0 Å². The van der Waals surface area contributed by atoms with Crippen LogP contribution in [0.2, 0.25) is 0 Å². The lowest BCUT2D eigenvalue weighted by molar-refractivity contribution is -0.129. The molecule has 1 amide bonds. The van der Waals surface area contributed by atoms with E-state index in [1.54, 1.807) is 0 Å². The summed E-state index contributed by atoms with van der Waals surface area (Å²) in [5.41, 5.74) is -0.0771. The van der Waals surface area contributed by atoms with Gasteiger partial charge in [-0.05, 0) is 26.9 Å². The molecule has 1 fully saturated rings. The zero-order chi connectivity index (χ0) is 12.6. The summed E-state index contributed by atoms with van der Waals surface area (Å²) in [6, 6.07) is 0. The standard InChI is InChI=1S/C11H22N2O.C2H6/c1-11(6-4-5-7-11)10(14)12-8-9-13(2)3;1-2/h4-9H2,1-3H3,(H,12,14);1-2H3. The van der Waals surface area contributed by atoms with Gasteiger partial charge in [0, 0.05) is 18.5 Å². The zero-order valence-electron chi connectivity index (χ0n) is 11.6. The number of hydrogen-bond acceptors (Lipinski definition) is 2. The van der Waals surface area contributed by atoms with Crippen LogP contribution in [0.1, 0.15) is 46.5 Å². The van der Waals surface area contributed by atoms with E-state index in [0.29, 0.717) is 0 Å². The van der Waals surface area contributed by atoms with E-state index in [1.807, 2.05) is 27.9 Å². The van der Waals surface area contributed by atoms with Gasteiger partial charge in [-0.15, -0.1) is 0 Å². The first-order chi connectivity index (χ1) is 7.54. The SMILES string of the molecule is CC.CN(C)CCNC(=O)C1(C)CCCC1. The van der Waals surface area contributed by atoms with Gasteiger partial charge < -0.3 is 10.2 Å². The van der Waals surface area contributed by atoms with Crippen LogP contribution in [0.25, 0.3) is 0 Å². The Morgan fingerprint density at radius 1 is 1.25 bits per heavy atom. The molecule has 3 heteroatoms. The number of rotatable bonds is 4. The fourth-order valence-electron chi connectivity index (χ4n) is 1.99. The Balaban J connectivity index is 0.00000106. The van der Waals surface area contributed by atoms with Gasteiger partial charge in [-0.1, -0.05) is 33.6 Å². The molecule has 1 saturated carbocycles. The summed E-state index contributed by atoms with van der Waals surface area (Å²) in [5, 5.41) is 3.02. The van der Waals surface area contributed by atoms with Crippen molar-refractivity contribution in [2.45, 2.75) is 46.5 Å². The molecule has 3 nitrogen and oxygen atoms in total. The van der Waals surface area contributed by atoms with Crippen LogP contribution in [-0.4, -0.2) is 38.0 Å². The van der Waals surface area contributed by atoms with E-state index in [-0.39, 0.29) is 11.3 Å². The van der Waals surface area contributed by atoms with Crippen molar-refractivity contribution < 1.29 is 4.79 Å². The number of hydrogen-bond donors (Lipinski definition) is 1. The lowest BCUT2D eigenvalue weighted by atomic mass is 9.88. The van der Waals surface area contributed by atoms with Crippen LogP contribution in [-0.2, 0) is 4.79 Å². The minimum Gasteiger partial charge on any atom is -0.354 e. The van der Waals surface area contributed by atoms with Crippen LogP contribution in [0, 0.1) is 5.41 Å². The van der Waals surface area contributed by atoms with Gasteiger partial charge in [0.15, 0.2) is 0 Å². The Morgan fingerprint density at radius 2 is 1.75 bits per heavy atom. The molecule has 1 aliphatic rings. The average molecular weight is 228 g/mol. The molecule has 0 aromatic carbocycles. The van der Waals surface area contributed by atoms with Gasteiger partial charge in [-0.2, -0.15) is 0 Å². The van der Waals surface area contributed by atoms with E-state index in [9.17, 15) is 4.79 Å². The molecule has 0 atom stereocenters. The first-order valence-corrected chi connectivity index (χ1v) is 6.48. The highest BCUT2D eigenvalue weighted by atomic mass is 16.2. The fourth-order valence-corrected chi connectivity index (χ4v) is 1.99. The number of nitrogens with zero attached hydrogens (tertiary/aromatic N) is 1. The number of carbonyl (C=O) groups is 1.